The maximum absolute atomic E-state index is 13.4. The Morgan fingerprint density at radius 2 is 1.84 bits per heavy atom. The van der Waals surface area contributed by atoms with Crippen LogP contribution < -0.4 is 5.32 Å². The number of anilines is 1. The van der Waals surface area contributed by atoms with Gasteiger partial charge in [-0.05, 0) is 37.1 Å². The van der Waals surface area contributed by atoms with E-state index in [1.54, 1.807) is 0 Å². The van der Waals surface area contributed by atoms with E-state index in [4.69, 9.17) is 11.6 Å². The number of aromatic nitrogens is 1. The summed E-state index contributed by atoms with van der Waals surface area (Å²) in [6.07, 6.45) is 8.58. The molecule has 1 saturated carbocycles. The molecule has 0 radical (unpaired) electrons. The fourth-order valence-corrected chi connectivity index (χ4v) is 5.40. The Morgan fingerprint density at radius 1 is 1.13 bits per heavy atom. The highest BCUT2D eigenvalue weighted by Crippen LogP contribution is 2.31. The van der Waals surface area contributed by atoms with Gasteiger partial charge in [0, 0.05) is 28.6 Å². The molecule has 6 heteroatoms. The zero-order valence-electron chi connectivity index (χ0n) is 17.8. The number of nitrogens with one attached hydrogen (secondary N) is 1. The van der Waals surface area contributed by atoms with Crippen LogP contribution in [0.3, 0.4) is 0 Å². The van der Waals surface area contributed by atoms with E-state index in [1.165, 1.54) is 30.6 Å². The monoisotopic (exact) mass is 453 g/mol. The van der Waals surface area contributed by atoms with Gasteiger partial charge in [-0.25, -0.2) is 4.98 Å². The molecule has 1 atom stereocenters. The van der Waals surface area contributed by atoms with Gasteiger partial charge in [0.2, 0.25) is 5.91 Å². The second-order valence-corrected chi connectivity index (χ2v) is 9.68. The molecule has 2 aromatic carbocycles. The number of carbonyl (C=O) groups is 1. The SMILES string of the molecule is CN(C1CCCCC1)C(C(=O)Nc1ncc(Cc2ccccc2Cl)s1)c1ccccc1. The molecule has 1 aromatic heterocycles. The predicted molar refractivity (Wildman–Crippen MR) is 129 cm³/mol. The number of likely N-dealkylation sites (N-methyl/N-ethyl adjacent to an activating group) is 1. The lowest BCUT2D eigenvalue weighted by Gasteiger charge is -2.36. The fraction of sp³-hybridized carbons (Fsp3) is 0.360. The van der Waals surface area contributed by atoms with E-state index in [-0.39, 0.29) is 11.9 Å². The molecular formula is C25H28ClN3OS. The molecule has 0 aliphatic heterocycles. The minimum absolute atomic E-state index is 0.0297. The molecule has 1 heterocycles. The third kappa shape index (κ3) is 5.53. The molecule has 1 aliphatic carbocycles. The Balaban J connectivity index is 1.50. The highest BCUT2D eigenvalue weighted by Gasteiger charge is 2.31. The van der Waals surface area contributed by atoms with Gasteiger partial charge in [0.15, 0.2) is 5.13 Å². The van der Waals surface area contributed by atoms with Crippen LogP contribution in [0.4, 0.5) is 5.13 Å². The maximum atomic E-state index is 13.4. The van der Waals surface area contributed by atoms with Gasteiger partial charge in [-0.3, -0.25) is 9.69 Å². The Bertz CT molecular complexity index is 1000. The van der Waals surface area contributed by atoms with Gasteiger partial charge in [-0.15, -0.1) is 11.3 Å². The largest absolute Gasteiger partial charge is 0.300 e. The second-order valence-electron chi connectivity index (χ2n) is 8.16. The Morgan fingerprint density at radius 3 is 2.58 bits per heavy atom. The van der Waals surface area contributed by atoms with Gasteiger partial charge in [-0.1, -0.05) is 79.4 Å². The van der Waals surface area contributed by atoms with Crippen LogP contribution >= 0.6 is 22.9 Å². The number of thiazole rings is 1. The molecule has 1 aliphatic rings. The molecule has 0 saturated heterocycles. The van der Waals surface area contributed by atoms with E-state index in [0.717, 1.165) is 33.9 Å². The normalized spacial score (nSPS) is 15.7. The molecule has 0 bridgehead atoms. The molecule has 0 spiro atoms. The molecule has 4 rings (SSSR count). The number of benzene rings is 2. The number of nitrogens with zero attached hydrogens (tertiary/aromatic N) is 2. The van der Waals surface area contributed by atoms with Crippen LogP contribution in [0, 0.1) is 0 Å². The van der Waals surface area contributed by atoms with Crippen molar-refractivity contribution in [1.82, 2.24) is 9.88 Å². The summed E-state index contributed by atoms with van der Waals surface area (Å²) in [5, 5.41) is 4.45. The topological polar surface area (TPSA) is 45.2 Å². The van der Waals surface area contributed by atoms with Crippen LogP contribution in [0.2, 0.25) is 5.02 Å². The molecule has 3 aromatic rings. The lowest BCUT2D eigenvalue weighted by molar-refractivity contribution is -0.122. The summed E-state index contributed by atoms with van der Waals surface area (Å²) in [7, 11) is 2.08. The summed E-state index contributed by atoms with van der Waals surface area (Å²) in [4.78, 5) is 21.2. The average Bonchev–Trinajstić information content (AvgIpc) is 3.23. The van der Waals surface area contributed by atoms with Crippen molar-refractivity contribution in [1.29, 1.82) is 0 Å². The zero-order chi connectivity index (χ0) is 21.6. The summed E-state index contributed by atoms with van der Waals surface area (Å²) in [6.45, 7) is 0. The molecule has 1 N–H and O–H groups in total. The maximum Gasteiger partial charge on any atom is 0.248 e. The van der Waals surface area contributed by atoms with Crippen molar-refractivity contribution in [3.63, 3.8) is 0 Å². The molecular weight excluding hydrogens is 426 g/mol. The van der Waals surface area contributed by atoms with E-state index in [0.29, 0.717) is 17.6 Å². The number of amides is 1. The molecule has 1 unspecified atom stereocenters. The van der Waals surface area contributed by atoms with E-state index in [2.05, 4.69) is 22.2 Å². The molecule has 162 valence electrons. The Kier molecular flexibility index (Phi) is 7.38. The lowest BCUT2D eigenvalue weighted by atomic mass is 9.92. The number of carbonyl (C=O) groups excluding carboxylic acids is 1. The predicted octanol–water partition coefficient (Wildman–Crippen LogP) is 6.33. The van der Waals surface area contributed by atoms with Crippen LogP contribution in [0.5, 0.6) is 0 Å². The van der Waals surface area contributed by atoms with Gasteiger partial charge in [-0.2, -0.15) is 0 Å². The van der Waals surface area contributed by atoms with E-state index < -0.39 is 0 Å². The minimum atomic E-state index is -0.333. The van der Waals surface area contributed by atoms with Crippen molar-refractivity contribution in [3.8, 4) is 0 Å². The quantitative estimate of drug-likeness (QED) is 0.454. The van der Waals surface area contributed by atoms with Crippen LogP contribution in [0.25, 0.3) is 0 Å². The molecule has 1 fully saturated rings. The van der Waals surface area contributed by atoms with Gasteiger partial charge in [0.05, 0.1) is 0 Å². The Labute approximate surface area is 193 Å². The summed E-state index contributed by atoms with van der Waals surface area (Å²) < 4.78 is 0. The number of rotatable bonds is 7. The lowest BCUT2D eigenvalue weighted by Crippen LogP contribution is -2.42. The third-order valence-corrected chi connectivity index (χ3v) is 7.31. The van der Waals surface area contributed by atoms with E-state index >= 15 is 0 Å². The van der Waals surface area contributed by atoms with Crippen LogP contribution in [0.15, 0.2) is 60.8 Å². The van der Waals surface area contributed by atoms with Crippen molar-refractivity contribution in [3.05, 3.63) is 81.8 Å². The first-order valence-electron chi connectivity index (χ1n) is 10.9. The second kappa shape index (κ2) is 10.4. The van der Waals surface area contributed by atoms with Crippen molar-refractivity contribution < 1.29 is 4.79 Å². The first-order chi connectivity index (χ1) is 15.1. The van der Waals surface area contributed by atoms with Gasteiger partial charge in [0.1, 0.15) is 6.04 Å². The molecule has 1 amide bonds. The minimum Gasteiger partial charge on any atom is -0.300 e. The zero-order valence-corrected chi connectivity index (χ0v) is 19.3. The van der Waals surface area contributed by atoms with E-state index in [9.17, 15) is 4.79 Å². The van der Waals surface area contributed by atoms with Gasteiger partial charge in [0.25, 0.3) is 0 Å². The third-order valence-electron chi connectivity index (χ3n) is 6.03. The highest BCUT2D eigenvalue weighted by molar-refractivity contribution is 7.15. The smallest absolute Gasteiger partial charge is 0.248 e. The van der Waals surface area contributed by atoms with E-state index in [1.807, 2.05) is 60.8 Å². The summed E-state index contributed by atoms with van der Waals surface area (Å²) in [6, 6.07) is 18.0. The highest BCUT2D eigenvalue weighted by atomic mass is 35.5. The summed E-state index contributed by atoms with van der Waals surface area (Å²) in [5.41, 5.74) is 2.07. The van der Waals surface area contributed by atoms with Crippen LogP contribution in [-0.4, -0.2) is 28.9 Å². The first-order valence-corrected chi connectivity index (χ1v) is 12.1. The van der Waals surface area contributed by atoms with Gasteiger partial charge >= 0.3 is 0 Å². The van der Waals surface area contributed by atoms with Gasteiger partial charge < -0.3 is 5.32 Å². The van der Waals surface area contributed by atoms with Crippen molar-refractivity contribution in [2.24, 2.45) is 0 Å². The fourth-order valence-electron chi connectivity index (χ4n) is 4.36. The Hall–Kier alpha value is -2.21. The number of hydrogen-bond acceptors (Lipinski definition) is 4. The van der Waals surface area contributed by atoms with Crippen LogP contribution in [-0.2, 0) is 11.2 Å². The number of hydrogen-bond donors (Lipinski definition) is 1. The number of halogens is 1. The van der Waals surface area contributed by atoms with Crippen molar-refractivity contribution >= 4 is 34.0 Å². The molecule has 31 heavy (non-hydrogen) atoms. The van der Waals surface area contributed by atoms with Crippen molar-refractivity contribution in [2.45, 2.75) is 50.6 Å². The summed E-state index contributed by atoms with van der Waals surface area (Å²) >= 11 is 7.80. The standard InChI is InChI=1S/C25H28ClN3OS/c1-29(20-13-6-3-7-14-20)23(18-10-4-2-5-11-18)24(30)28-25-27-17-21(31-25)16-19-12-8-9-15-22(19)26/h2,4-5,8-12,15,17,20,23H,3,6-7,13-14,16H2,1H3,(H,27,28,30). The molecule has 4 nitrogen and oxygen atoms in total. The van der Waals surface area contributed by atoms with Crippen LogP contribution in [0.1, 0.15) is 54.1 Å². The average molecular weight is 454 g/mol. The summed E-state index contributed by atoms with van der Waals surface area (Å²) in [5.74, 6) is -0.0297. The van der Waals surface area contributed by atoms with Crippen molar-refractivity contribution in [2.75, 3.05) is 12.4 Å². The first kappa shape index (κ1) is 22.0.